The van der Waals surface area contributed by atoms with Crippen molar-refractivity contribution in [1.82, 2.24) is 15.1 Å². The smallest absolute Gasteiger partial charge is 0.273 e. The van der Waals surface area contributed by atoms with Gasteiger partial charge in [-0.05, 0) is 19.1 Å². The van der Waals surface area contributed by atoms with Gasteiger partial charge in [0.25, 0.3) is 5.91 Å². The molecule has 0 spiro atoms. The van der Waals surface area contributed by atoms with Crippen molar-refractivity contribution in [2.24, 2.45) is 7.05 Å². The van der Waals surface area contributed by atoms with Crippen molar-refractivity contribution >= 4 is 23.4 Å². The zero-order valence-corrected chi connectivity index (χ0v) is 12.3. The second-order valence-corrected chi connectivity index (χ2v) is 5.66. The van der Waals surface area contributed by atoms with E-state index in [-0.39, 0.29) is 10.7 Å². The van der Waals surface area contributed by atoms with Crippen LogP contribution in [-0.4, -0.2) is 33.2 Å². The molecule has 0 fully saturated rings. The maximum Gasteiger partial charge on any atom is 0.273 e. The molecule has 0 unspecified atom stereocenters. The number of carbonyl (C=O) groups is 1. The lowest BCUT2D eigenvalue weighted by Gasteiger charge is -2.29. The Kier molecular flexibility index (Phi) is 5.07. The lowest BCUT2D eigenvalue weighted by molar-refractivity contribution is 0.0944. The highest BCUT2D eigenvalue weighted by Gasteiger charge is 2.26. The summed E-state index contributed by atoms with van der Waals surface area (Å²) in [6, 6.07) is 0. The highest BCUT2D eigenvalue weighted by Crippen LogP contribution is 2.29. The van der Waals surface area contributed by atoms with Gasteiger partial charge in [-0.15, -0.1) is 0 Å². The number of thioether (sulfide) groups is 1. The van der Waals surface area contributed by atoms with Crippen molar-refractivity contribution in [3.05, 3.63) is 11.9 Å². The summed E-state index contributed by atoms with van der Waals surface area (Å²) in [6.45, 7) is 4.92. The third-order valence-corrected chi connectivity index (χ3v) is 4.95. The van der Waals surface area contributed by atoms with Crippen molar-refractivity contribution < 1.29 is 4.79 Å². The van der Waals surface area contributed by atoms with Gasteiger partial charge in [0.05, 0.1) is 5.69 Å². The molecule has 0 saturated heterocycles. The molecule has 1 heterocycles. The van der Waals surface area contributed by atoms with Crippen molar-refractivity contribution in [3.63, 3.8) is 0 Å². The molecule has 0 saturated carbocycles. The summed E-state index contributed by atoms with van der Waals surface area (Å²) in [4.78, 5) is 12.0. The molecule has 5 nitrogen and oxygen atoms in total. The molecule has 1 aromatic heterocycles. The van der Waals surface area contributed by atoms with Crippen LogP contribution in [0.3, 0.4) is 0 Å². The molecule has 0 aliphatic carbocycles. The maximum absolute atomic E-state index is 12.0. The van der Waals surface area contributed by atoms with Crippen LogP contribution in [0.1, 0.15) is 37.2 Å². The first-order valence-electron chi connectivity index (χ1n) is 6.10. The van der Waals surface area contributed by atoms with Crippen LogP contribution in [0.15, 0.2) is 6.20 Å². The van der Waals surface area contributed by atoms with E-state index in [0.29, 0.717) is 17.9 Å². The molecule has 6 heteroatoms. The number of aryl methyl sites for hydroxylation is 1. The third-order valence-electron chi connectivity index (χ3n) is 3.36. The van der Waals surface area contributed by atoms with Gasteiger partial charge >= 0.3 is 0 Å². The molecule has 3 N–H and O–H groups in total. The Labute approximate surface area is 112 Å². The third kappa shape index (κ3) is 3.19. The minimum Gasteiger partial charge on any atom is -0.396 e. The average Bonchev–Trinajstić information content (AvgIpc) is 2.70. The van der Waals surface area contributed by atoms with Gasteiger partial charge in [-0.2, -0.15) is 16.9 Å². The summed E-state index contributed by atoms with van der Waals surface area (Å²) in [5.41, 5.74) is 6.45. The van der Waals surface area contributed by atoms with Gasteiger partial charge in [0.2, 0.25) is 0 Å². The zero-order valence-electron chi connectivity index (χ0n) is 11.5. The molecule has 1 amide bonds. The number of nitrogens with one attached hydrogen (secondary N) is 1. The Morgan fingerprint density at radius 2 is 2.17 bits per heavy atom. The first-order valence-corrected chi connectivity index (χ1v) is 7.33. The molecule has 0 aliphatic rings. The molecule has 18 heavy (non-hydrogen) atoms. The fraction of sp³-hybridized carbons (Fsp3) is 0.667. The van der Waals surface area contributed by atoms with E-state index in [1.807, 2.05) is 0 Å². The van der Waals surface area contributed by atoms with Crippen LogP contribution in [0, 0.1) is 0 Å². The monoisotopic (exact) mass is 270 g/mol. The Morgan fingerprint density at radius 3 is 2.56 bits per heavy atom. The summed E-state index contributed by atoms with van der Waals surface area (Å²) in [5, 5.41) is 6.99. The fourth-order valence-electron chi connectivity index (χ4n) is 1.87. The standard InChI is InChI=1S/C12H22N4OS/c1-5-12(6-2,18-4)8-14-11(17)10-9(13)7-16(3)15-10/h7H,5-6,8,13H2,1-4H3,(H,14,17). The SMILES string of the molecule is CCC(CC)(CNC(=O)c1nn(C)cc1N)SC. The van der Waals surface area contributed by atoms with Gasteiger partial charge in [-0.25, -0.2) is 0 Å². The summed E-state index contributed by atoms with van der Waals surface area (Å²) in [5.74, 6) is -0.201. The van der Waals surface area contributed by atoms with Crippen molar-refractivity contribution in [2.75, 3.05) is 18.5 Å². The lowest BCUT2D eigenvalue weighted by atomic mass is 10.0. The molecule has 0 bridgehead atoms. The van der Waals surface area contributed by atoms with Gasteiger partial charge in [-0.1, -0.05) is 13.8 Å². The number of rotatable bonds is 6. The number of nitrogens with zero attached hydrogens (tertiary/aromatic N) is 2. The molecule has 1 aromatic rings. The van der Waals surface area contributed by atoms with E-state index in [0.717, 1.165) is 12.8 Å². The summed E-state index contributed by atoms with van der Waals surface area (Å²) in [6.07, 6.45) is 5.75. The van der Waals surface area contributed by atoms with Gasteiger partial charge < -0.3 is 11.1 Å². The number of hydrogen-bond acceptors (Lipinski definition) is 4. The predicted molar refractivity (Wildman–Crippen MR) is 76.8 cm³/mol. The van der Waals surface area contributed by atoms with E-state index >= 15 is 0 Å². The number of hydrogen-bond donors (Lipinski definition) is 2. The quantitative estimate of drug-likeness (QED) is 0.824. The molecular weight excluding hydrogens is 248 g/mol. The van der Waals surface area contributed by atoms with Gasteiger partial charge in [0, 0.05) is 24.5 Å². The number of nitrogen functional groups attached to an aromatic ring is 1. The number of aromatic nitrogens is 2. The van der Waals surface area contributed by atoms with E-state index in [2.05, 4.69) is 30.5 Å². The first kappa shape index (κ1) is 14.9. The predicted octanol–water partition coefficient (Wildman–Crippen LogP) is 1.65. The van der Waals surface area contributed by atoms with Crippen LogP contribution in [0.5, 0.6) is 0 Å². The van der Waals surface area contributed by atoms with Gasteiger partial charge in [0.1, 0.15) is 0 Å². The van der Waals surface area contributed by atoms with Crippen LogP contribution < -0.4 is 11.1 Å². The Morgan fingerprint density at radius 1 is 1.56 bits per heavy atom. The summed E-state index contributed by atoms with van der Waals surface area (Å²) >= 11 is 1.79. The maximum atomic E-state index is 12.0. The van der Waals surface area contributed by atoms with E-state index < -0.39 is 0 Å². The van der Waals surface area contributed by atoms with Crippen molar-refractivity contribution in [2.45, 2.75) is 31.4 Å². The molecule has 0 aromatic carbocycles. The molecule has 1 rings (SSSR count). The largest absolute Gasteiger partial charge is 0.396 e. The average molecular weight is 270 g/mol. The lowest BCUT2D eigenvalue weighted by Crippen LogP contribution is -2.40. The fourth-order valence-corrected chi connectivity index (χ4v) is 2.66. The van der Waals surface area contributed by atoms with E-state index in [4.69, 9.17) is 5.73 Å². The first-order chi connectivity index (χ1) is 8.48. The van der Waals surface area contributed by atoms with Gasteiger partial charge in [0.15, 0.2) is 5.69 Å². The highest BCUT2D eigenvalue weighted by atomic mass is 32.2. The van der Waals surface area contributed by atoms with Crippen LogP contribution in [0.25, 0.3) is 0 Å². The van der Waals surface area contributed by atoms with Crippen LogP contribution in [-0.2, 0) is 7.05 Å². The van der Waals surface area contributed by atoms with E-state index in [9.17, 15) is 4.79 Å². The Balaban J connectivity index is 2.69. The minimum absolute atomic E-state index is 0.0964. The molecule has 0 aliphatic heterocycles. The molecule has 0 atom stereocenters. The normalized spacial score (nSPS) is 11.6. The second kappa shape index (κ2) is 6.13. The molecule has 0 radical (unpaired) electrons. The summed E-state index contributed by atoms with van der Waals surface area (Å²) in [7, 11) is 1.75. The van der Waals surface area contributed by atoms with E-state index in [1.165, 1.54) is 0 Å². The molecular formula is C12H22N4OS. The Bertz CT molecular complexity index is 404. The van der Waals surface area contributed by atoms with Crippen LogP contribution in [0.2, 0.25) is 0 Å². The van der Waals surface area contributed by atoms with Crippen LogP contribution >= 0.6 is 11.8 Å². The zero-order chi connectivity index (χ0) is 13.8. The highest BCUT2D eigenvalue weighted by molar-refractivity contribution is 8.00. The second-order valence-electron chi connectivity index (χ2n) is 4.38. The minimum atomic E-state index is -0.201. The number of carbonyl (C=O) groups excluding carboxylic acids is 1. The van der Waals surface area contributed by atoms with Crippen molar-refractivity contribution in [3.8, 4) is 0 Å². The Hall–Kier alpha value is -1.17. The number of nitrogens with two attached hydrogens (primary N) is 1. The number of anilines is 1. The summed E-state index contributed by atoms with van der Waals surface area (Å²) < 4.78 is 1.64. The molecule has 102 valence electrons. The number of amides is 1. The topological polar surface area (TPSA) is 72.9 Å². The van der Waals surface area contributed by atoms with E-state index in [1.54, 1.807) is 29.7 Å². The van der Waals surface area contributed by atoms with Crippen LogP contribution in [0.4, 0.5) is 5.69 Å². The van der Waals surface area contributed by atoms with Crippen molar-refractivity contribution in [1.29, 1.82) is 0 Å². The van der Waals surface area contributed by atoms with Gasteiger partial charge in [-0.3, -0.25) is 9.48 Å².